The Morgan fingerprint density at radius 1 is 1.19 bits per heavy atom. The van der Waals surface area contributed by atoms with Gasteiger partial charge in [0.25, 0.3) is 5.91 Å². The lowest BCUT2D eigenvalue weighted by atomic mass is 9.86. The lowest BCUT2D eigenvalue weighted by Gasteiger charge is -2.33. The van der Waals surface area contributed by atoms with Crippen molar-refractivity contribution in [3.8, 4) is 0 Å². The Morgan fingerprint density at radius 3 is 2.57 bits per heavy atom. The first-order valence-electron chi connectivity index (χ1n) is 8.56. The molecular weight excluding hydrogens is 282 g/mol. The average Bonchev–Trinajstić information content (AvgIpc) is 2.83. The molecule has 4 heteroatoms. The van der Waals surface area contributed by atoms with Crippen molar-refractivity contribution in [1.82, 2.24) is 0 Å². The van der Waals surface area contributed by atoms with Crippen molar-refractivity contribution in [2.24, 2.45) is 10.9 Å². The summed E-state index contributed by atoms with van der Waals surface area (Å²) in [5.74, 6) is 1.01. The average molecular weight is 309 g/mol. The molecule has 0 aromatic carbocycles. The van der Waals surface area contributed by atoms with E-state index in [1.807, 2.05) is 0 Å². The molecule has 1 aliphatic heterocycles. The summed E-state index contributed by atoms with van der Waals surface area (Å²) >= 11 is 1.79. The van der Waals surface area contributed by atoms with Crippen molar-refractivity contribution >= 4 is 22.7 Å². The van der Waals surface area contributed by atoms with Gasteiger partial charge in [-0.15, -0.1) is 0 Å². The van der Waals surface area contributed by atoms with Crippen LogP contribution in [0.3, 0.4) is 0 Å². The van der Waals surface area contributed by atoms with Gasteiger partial charge in [-0.25, -0.2) is 4.99 Å². The van der Waals surface area contributed by atoms with Gasteiger partial charge in [0.2, 0.25) is 0 Å². The predicted molar refractivity (Wildman–Crippen MR) is 87.8 cm³/mol. The van der Waals surface area contributed by atoms with E-state index in [1.165, 1.54) is 38.5 Å². The first-order chi connectivity index (χ1) is 10.2. The molecule has 118 valence electrons. The van der Waals surface area contributed by atoms with E-state index in [4.69, 9.17) is 4.74 Å². The fourth-order valence-corrected chi connectivity index (χ4v) is 5.40. The van der Waals surface area contributed by atoms with Crippen LogP contribution in [0.25, 0.3) is 0 Å². The fraction of sp³-hybridized carbons (Fsp3) is 0.882. The van der Waals surface area contributed by atoms with Crippen LogP contribution in [0.1, 0.15) is 70.6 Å². The number of carbonyl (C=O) groups excluding carboxylic acids is 1. The van der Waals surface area contributed by atoms with Gasteiger partial charge in [-0.3, -0.25) is 4.79 Å². The highest BCUT2D eigenvalue weighted by molar-refractivity contribution is 8.16. The number of thioether (sulfide) groups is 1. The topological polar surface area (TPSA) is 38.7 Å². The highest BCUT2D eigenvalue weighted by atomic mass is 32.2. The van der Waals surface area contributed by atoms with Gasteiger partial charge in [0.05, 0.1) is 11.1 Å². The largest absolute Gasteiger partial charge is 0.381 e. The summed E-state index contributed by atoms with van der Waals surface area (Å²) in [4.78, 5) is 16.8. The highest BCUT2D eigenvalue weighted by Gasteiger charge is 2.47. The third kappa shape index (κ3) is 3.53. The zero-order valence-corrected chi connectivity index (χ0v) is 13.9. The number of amides is 1. The number of hydrogen-bond donors (Lipinski definition) is 0. The molecule has 3 aliphatic rings. The van der Waals surface area contributed by atoms with Crippen LogP contribution in [0, 0.1) is 5.92 Å². The fourth-order valence-electron chi connectivity index (χ4n) is 4.03. The molecule has 0 saturated heterocycles. The summed E-state index contributed by atoms with van der Waals surface area (Å²) in [7, 11) is 1.78. The summed E-state index contributed by atoms with van der Waals surface area (Å²) in [6, 6.07) is 0. The SMILES string of the molecule is COC1CCC2(CC1)SC(CCC1CCCCC1)=NC2=O. The maximum Gasteiger partial charge on any atom is 0.263 e. The number of methoxy groups -OCH3 is 1. The zero-order valence-electron chi connectivity index (χ0n) is 13.1. The van der Waals surface area contributed by atoms with E-state index >= 15 is 0 Å². The molecule has 0 N–H and O–H groups in total. The van der Waals surface area contributed by atoms with Gasteiger partial charge in [-0.2, -0.15) is 0 Å². The molecule has 0 bridgehead atoms. The van der Waals surface area contributed by atoms with Gasteiger partial charge in [0.1, 0.15) is 4.75 Å². The smallest absolute Gasteiger partial charge is 0.263 e. The van der Waals surface area contributed by atoms with Gasteiger partial charge in [0.15, 0.2) is 0 Å². The summed E-state index contributed by atoms with van der Waals surface area (Å²) < 4.78 is 5.20. The predicted octanol–water partition coefficient (Wildman–Crippen LogP) is 4.35. The van der Waals surface area contributed by atoms with Gasteiger partial charge in [-0.1, -0.05) is 43.9 Å². The standard InChI is InChI=1S/C17H27NO2S/c1-20-14-9-11-17(12-10-14)16(19)18-15(21-17)8-7-13-5-3-2-4-6-13/h13-14H,2-12H2,1H3. The van der Waals surface area contributed by atoms with Crippen LogP contribution in [0.15, 0.2) is 4.99 Å². The number of hydrogen-bond acceptors (Lipinski definition) is 3. The minimum absolute atomic E-state index is 0.140. The van der Waals surface area contributed by atoms with E-state index in [2.05, 4.69) is 4.99 Å². The van der Waals surface area contributed by atoms with E-state index in [0.29, 0.717) is 6.10 Å². The van der Waals surface area contributed by atoms with Crippen LogP contribution in [-0.2, 0) is 9.53 Å². The van der Waals surface area contributed by atoms with Crippen molar-refractivity contribution in [3.63, 3.8) is 0 Å². The quantitative estimate of drug-likeness (QED) is 0.775. The summed E-state index contributed by atoms with van der Waals surface area (Å²) in [5, 5.41) is 1.11. The van der Waals surface area contributed by atoms with Crippen molar-refractivity contribution < 1.29 is 9.53 Å². The molecule has 1 heterocycles. The first kappa shape index (κ1) is 15.5. The summed E-state index contributed by atoms with van der Waals surface area (Å²) in [6.07, 6.45) is 13.4. The molecule has 2 fully saturated rings. The number of nitrogens with zero attached hydrogens (tertiary/aromatic N) is 1. The van der Waals surface area contributed by atoms with E-state index in [1.54, 1.807) is 18.9 Å². The summed E-state index contributed by atoms with van der Waals surface area (Å²) in [6.45, 7) is 0. The van der Waals surface area contributed by atoms with Crippen LogP contribution in [0.5, 0.6) is 0 Å². The third-order valence-corrected chi connectivity index (χ3v) is 7.00. The van der Waals surface area contributed by atoms with Crippen molar-refractivity contribution in [2.45, 2.75) is 81.5 Å². The second-order valence-corrected chi connectivity index (χ2v) is 8.34. The molecule has 2 aliphatic carbocycles. The zero-order chi connectivity index (χ0) is 14.7. The maximum absolute atomic E-state index is 12.4. The lowest BCUT2D eigenvalue weighted by molar-refractivity contribution is -0.121. The van der Waals surface area contributed by atoms with Crippen LogP contribution in [0.4, 0.5) is 0 Å². The molecule has 0 unspecified atom stereocenters. The Morgan fingerprint density at radius 2 is 1.90 bits per heavy atom. The van der Waals surface area contributed by atoms with Crippen molar-refractivity contribution in [3.05, 3.63) is 0 Å². The van der Waals surface area contributed by atoms with Gasteiger partial charge >= 0.3 is 0 Å². The third-order valence-electron chi connectivity index (χ3n) is 5.49. The second kappa shape index (κ2) is 6.82. The van der Waals surface area contributed by atoms with Gasteiger partial charge < -0.3 is 4.74 Å². The Labute approximate surface area is 132 Å². The first-order valence-corrected chi connectivity index (χ1v) is 9.37. The minimum atomic E-state index is -0.225. The van der Waals surface area contributed by atoms with Gasteiger partial charge in [0, 0.05) is 7.11 Å². The molecule has 0 aromatic rings. The van der Waals surface area contributed by atoms with E-state index in [9.17, 15) is 4.79 Å². The molecule has 0 aromatic heterocycles. The second-order valence-electron chi connectivity index (χ2n) is 6.88. The number of aliphatic imine (C=N–C) groups is 1. The molecule has 0 radical (unpaired) electrons. The van der Waals surface area contributed by atoms with Crippen LogP contribution < -0.4 is 0 Å². The van der Waals surface area contributed by atoms with E-state index < -0.39 is 0 Å². The normalized spacial score (nSPS) is 34.4. The number of rotatable bonds is 4. The molecule has 2 saturated carbocycles. The molecule has 3 nitrogen and oxygen atoms in total. The van der Waals surface area contributed by atoms with Crippen molar-refractivity contribution in [1.29, 1.82) is 0 Å². The molecular formula is C17H27NO2S. The number of ether oxygens (including phenoxy) is 1. The molecule has 21 heavy (non-hydrogen) atoms. The molecule has 1 spiro atoms. The Bertz CT molecular complexity index is 407. The van der Waals surface area contributed by atoms with Crippen molar-refractivity contribution in [2.75, 3.05) is 7.11 Å². The molecule has 1 amide bonds. The monoisotopic (exact) mass is 309 g/mol. The maximum atomic E-state index is 12.4. The Hall–Kier alpha value is -0.350. The lowest BCUT2D eigenvalue weighted by Crippen LogP contribution is -2.37. The summed E-state index contributed by atoms with van der Waals surface area (Å²) in [5.41, 5.74) is 0. The highest BCUT2D eigenvalue weighted by Crippen LogP contribution is 2.47. The van der Waals surface area contributed by atoms with Crippen LogP contribution in [-0.4, -0.2) is 28.9 Å². The van der Waals surface area contributed by atoms with E-state index in [0.717, 1.165) is 43.1 Å². The molecule has 0 atom stereocenters. The van der Waals surface area contributed by atoms with Crippen LogP contribution >= 0.6 is 11.8 Å². The van der Waals surface area contributed by atoms with Crippen LogP contribution in [0.2, 0.25) is 0 Å². The Kier molecular flexibility index (Phi) is 5.05. The van der Waals surface area contributed by atoms with Gasteiger partial charge in [-0.05, 0) is 44.4 Å². The Balaban J connectivity index is 1.50. The minimum Gasteiger partial charge on any atom is -0.381 e. The van der Waals surface area contributed by atoms with E-state index in [-0.39, 0.29) is 10.7 Å². The molecule has 3 rings (SSSR count). The number of carbonyl (C=O) groups is 1.